The number of nitrogens with zero attached hydrogens (tertiary/aromatic N) is 2. The number of hydrogen-bond acceptors (Lipinski definition) is 3. The van der Waals surface area contributed by atoms with Crippen molar-refractivity contribution < 1.29 is 13.2 Å². The molecule has 0 N–H and O–H groups in total. The highest BCUT2D eigenvalue weighted by molar-refractivity contribution is 7.92. The second-order valence-electron chi connectivity index (χ2n) is 5.83. The number of likely N-dealkylation sites (tertiary alicyclic amines) is 1. The summed E-state index contributed by atoms with van der Waals surface area (Å²) in [6.07, 6.45) is 3.18. The van der Waals surface area contributed by atoms with Gasteiger partial charge >= 0.3 is 0 Å². The lowest BCUT2D eigenvalue weighted by Crippen LogP contribution is -2.46. The number of sulfonamides is 1. The second-order valence-corrected chi connectivity index (χ2v) is 8.18. The number of hydrogen-bond donors (Lipinski definition) is 0. The van der Waals surface area contributed by atoms with Crippen molar-refractivity contribution in [1.82, 2.24) is 4.90 Å². The van der Waals surface area contributed by atoms with Gasteiger partial charge in [-0.25, -0.2) is 8.42 Å². The molecule has 5 nitrogen and oxygen atoms in total. The Kier molecular flexibility index (Phi) is 5.34. The van der Waals surface area contributed by atoms with Crippen LogP contribution < -0.4 is 4.31 Å². The maximum absolute atomic E-state index is 12.4. The minimum Gasteiger partial charge on any atom is -0.341 e. The normalized spacial score (nSPS) is 19.0. The van der Waals surface area contributed by atoms with E-state index in [9.17, 15) is 13.2 Å². The number of anilines is 1. The first kappa shape index (κ1) is 17.1. The zero-order chi connectivity index (χ0) is 16.3. The summed E-state index contributed by atoms with van der Waals surface area (Å²) in [6.45, 7) is 3.32. The molecule has 1 fully saturated rings. The number of benzene rings is 1. The molecule has 2 rings (SSSR count). The van der Waals surface area contributed by atoms with E-state index in [1.54, 1.807) is 29.2 Å². The Morgan fingerprint density at radius 2 is 2.00 bits per heavy atom. The number of amides is 1. The molecule has 0 saturated carbocycles. The topological polar surface area (TPSA) is 57.7 Å². The lowest BCUT2D eigenvalue weighted by molar-refractivity contribution is -0.131. The van der Waals surface area contributed by atoms with Crippen molar-refractivity contribution in [1.29, 1.82) is 0 Å². The molecule has 1 saturated heterocycles. The number of piperidine rings is 1. The van der Waals surface area contributed by atoms with Crippen LogP contribution >= 0.6 is 11.6 Å². The third-order valence-corrected chi connectivity index (χ3v) is 5.20. The molecule has 1 aromatic rings. The van der Waals surface area contributed by atoms with E-state index >= 15 is 0 Å². The minimum absolute atomic E-state index is 0.160. The fourth-order valence-corrected chi connectivity index (χ4v) is 3.62. The monoisotopic (exact) mass is 344 g/mol. The van der Waals surface area contributed by atoms with Crippen molar-refractivity contribution in [3.05, 3.63) is 29.3 Å². The summed E-state index contributed by atoms with van der Waals surface area (Å²) in [5.74, 6) is 0.298. The van der Waals surface area contributed by atoms with E-state index in [0.717, 1.165) is 23.4 Å². The van der Waals surface area contributed by atoms with Crippen LogP contribution in [0.25, 0.3) is 0 Å². The number of halogens is 1. The highest BCUT2D eigenvalue weighted by atomic mass is 35.5. The molecule has 0 aromatic heterocycles. The van der Waals surface area contributed by atoms with E-state index in [0.29, 0.717) is 29.7 Å². The Morgan fingerprint density at radius 3 is 2.55 bits per heavy atom. The van der Waals surface area contributed by atoms with Gasteiger partial charge in [-0.3, -0.25) is 9.10 Å². The van der Waals surface area contributed by atoms with Crippen molar-refractivity contribution >= 4 is 33.2 Å². The van der Waals surface area contributed by atoms with Crippen molar-refractivity contribution in [2.75, 3.05) is 30.2 Å². The second kappa shape index (κ2) is 6.87. The third kappa shape index (κ3) is 4.36. The van der Waals surface area contributed by atoms with Gasteiger partial charge in [0.05, 0.1) is 11.9 Å². The van der Waals surface area contributed by atoms with Crippen LogP contribution in [0.3, 0.4) is 0 Å². The van der Waals surface area contributed by atoms with Gasteiger partial charge in [0.15, 0.2) is 0 Å². The number of rotatable bonds is 4. The molecule has 1 aromatic carbocycles. The Balaban J connectivity index is 2.17. The molecule has 0 unspecified atom stereocenters. The van der Waals surface area contributed by atoms with Crippen molar-refractivity contribution in [2.24, 2.45) is 5.92 Å². The van der Waals surface area contributed by atoms with E-state index in [1.807, 2.05) is 0 Å². The van der Waals surface area contributed by atoms with Crippen molar-refractivity contribution in [3.8, 4) is 0 Å². The Labute approximate surface area is 136 Å². The summed E-state index contributed by atoms with van der Waals surface area (Å²) in [4.78, 5) is 14.2. The van der Waals surface area contributed by atoms with Gasteiger partial charge in [-0.1, -0.05) is 18.5 Å². The van der Waals surface area contributed by atoms with Gasteiger partial charge in [0.2, 0.25) is 15.9 Å². The molecule has 7 heteroatoms. The third-order valence-electron chi connectivity index (χ3n) is 3.80. The molecule has 0 aliphatic carbocycles. The van der Waals surface area contributed by atoms with E-state index in [2.05, 4.69) is 6.92 Å². The maximum Gasteiger partial charge on any atom is 0.243 e. The van der Waals surface area contributed by atoms with Gasteiger partial charge < -0.3 is 4.90 Å². The van der Waals surface area contributed by atoms with Crippen molar-refractivity contribution in [2.45, 2.75) is 19.8 Å². The average molecular weight is 345 g/mol. The van der Waals surface area contributed by atoms with Gasteiger partial charge in [0.1, 0.15) is 6.54 Å². The highest BCUT2D eigenvalue weighted by Gasteiger charge is 2.26. The predicted octanol–water partition coefficient (Wildman–Crippen LogP) is 2.36. The molecule has 1 aliphatic rings. The molecule has 0 radical (unpaired) electrons. The summed E-state index contributed by atoms with van der Waals surface area (Å²) in [5.41, 5.74) is 0.449. The first-order valence-corrected chi connectivity index (χ1v) is 9.51. The first-order chi connectivity index (χ1) is 10.3. The van der Waals surface area contributed by atoms with Crippen LogP contribution in [-0.2, 0) is 14.8 Å². The molecule has 0 bridgehead atoms. The fourth-order valence-electron chi connectivity index (χ4n) is 2.65. The van der Waals surface area contributed by atoms with E-state index in [1.165, 1.54) is 0 Å². The smallest absolute Gasteiger partial charge is 0.243 e. The molecular formula is C15H21ClN2O3S. The lowest BCUT2D eigenvalue weighted by Gasteiger charge is -2.33. The van der Waals surface area contributed by atoms with Crippen LogP contribution in [0.1, 0.15) is 19.8 Å². The molecule has 1 heterocycles. The maximum atomic E-state index is 12.4. The molecule has 22 heavy (non-hydrogen) atoms. The van der Waals surface area contributed by atoms with Gasteiger partial charge in [0, 0.05) is 18.1 Å². The zero-order valence-corrected chi connectivity index (χ0v) is 14.4. The predicted molar refractivity (Wildman–Crippen MR) is 88.6 cm³/mol. The summed E-state index contributed by atoms with van der Waals surface area (Å²) in [7, 11) is -3.54. The van der Waals surface area contributed by atoms with Crippen LogP contribution in [0.2, 0.25) is 5.02 Å². The zero-order valence-electron chi connectivity index (χ0n) is 12.8. The average Bonchev–Trinajstić information content (AvgIpc) is 2.44. The lowest BCUT2D eigenvalue weighted by atomic mass is 10.0. The van der Waals surface area contributed by atoms with Gasteiger partial charge in [-0.15, -0.1) is 0 Å². The molecular weight excluding hydrogens is 324 g/mol. The molecule has 1 aliphatic heterocycles. The highest BCUT2D eigenvalue weighted by Crippen LogP contribution is 2.21. The SMILES string of the molecule is C[C@H]1CCCN(C(=O)CN(c2ccc(Cl)cc2)S(C)(=O)=O)C1. The van der Waals surface area contributed by atoms with Crippen LogP contribution in [-0.4, -0.2) is 45.1 Å². The Bertz CT molecular complexity index is 631. The van der Waals surface area contributed by atoms with Crippen LogP contribution in [0.5, 0.6) is 0 Å². The summed E-state index contributed by atoms with van der Waals surface area (Å²) in [5, 5.41) is 0.522. The number of carbonyl (C=O) groups is 1. The molecule has 1 atom stereocenters. The van der Waals surface area contributed by atoms with E-state index in [4.69, 9.17) is 11.6 Å². The Hall–Kier alpha value is -1.27. The van der Waals surface area contributed by atoms with E-state index in [-0.39, 0.29) is 12.5 Å². The summed E-state index contributed by atoms with van der Waals surface area (Å²) >= 11 is 5.83. The van der Waals surface area contributed by atoms with Crippen LogP contribution in [0, 0.1) is 5.92 Å². The van der Waals surface area contributed by atoms with Crippen LogP contribution in [0.15, 0.2) is 24.3 Å². The quantitative estimate of drug-likeness (QED) is 0.842. The fraction of sp³-hybridized carbons (Fsp3) is 0.533. The largest absolute Gasteiger partial charge is 0.341 e. The standard InChI is InChI=1S/C15H21ClN2O3S/c1-12-4-3-9-17(10-12)15(19)11-18(22(2,20)21)14-7-5-13(16)6-8-14/h5-8,12H,3-4,9-11H2,1-2H3/t12-/m0/s1. The van der Waals surface area contributed by atoms with E-state index < -0.39 is 10.0 Å². The first-order valence-electron chi connectivity index (χ1n) is 7.28. The van der Waals surface area contributed by atoms with Gasteiger partial charge in [-0.2, -0.15) is 0 Å². The summed E-state index contributed by atoms with van der Waals surface area (Å²) in [6, 6.07) is 6.44. The van der Waals surface area contributed by atoms with Crippen molar-refractivity contribution in [3.63, 3.8) is 0 Å². The Morgan fingerprint density at radius 1 is 1.36 bits per heavy atom. The van der Waals surface area contributed by atoms with Crippen LogP contribution in [0.4, 0.5) is 5.69 Å². The number of carbonyl (C=O) groups excluding carboxylic acids is 1. The molecule has 1 amide bonds. The van der Waals surface area contributed by atoms with Gasteiger partial charge in [-0.05, 0) is 43.0 Å². The molecule has 0 spiro atoms. The summed E-state index contributed by atoms with van der Waals surface area (Å²) < 4.78 is 25.2. The molecule has 122 valence electrons. The minimum atomic E-state index is -3.54. The van der Waals surface area contributed by atoms with Gasteiger partial charge in [0.25, 0.3) is 0 Å².